The Hall–Kier alpha value is -3.15. The van der Waals surface area contributed by atoms with Gasteiger partial charge in [-0.25, -0.2) is 5.01 Å². The van der Waals surface area contributed by atoms with Crippen LogP contribution in [0.3, 0.4) is 0 Å². The van der Waals surface area contributed by atoms with Crippen molar-refractivity contribution in [1.82, 2.24) is 5.32 Å². The van der Waals surface area contributed by atoms with Gasteiger partial charge in [0, 0.05) is 19.4 Å². The summed E-state index contributed by atoms with van der Waals surface area (Å²) in [6.07, 6.45) is 0.600. The van der Waals surface area contributed by atoms with Crippen molar-refractivity contribution in [3.63, 3.8) is 0 Å². The van der Waals surface area contributed by atoms with E-state index in [9.17, 15) is 9.59 Å². The van der Waals surface area contributed by atoms with E-state index in [0.29, 0.717) is 18.7 Å². The van der Waals surface area contributed by atoms with Gasteiger partial charge in [0.15, 0.2) is 0 Å². The number of aryl methyl sites for hydroxylation is 2. The predicted molar refractivity (Wildman–Crippen MR) is 105 cm³/mol. The highest BCUT2D eigenvalue weighted by Crippen LogP contribution is 2.25. The fourth-order valence-corrected chi connectivity index (χ4v) is 2.92. The number of nitrogens with one attached hydrogen (secondary N) is 1. The molecule has 0 aromatic heterocycles. The Labute approximate surface area is 158 Å². The Morgan fingerprint density at radius 3 is 2.78 bits per heavy atom. The van der Waals surface area contributed by atoms with Gasteiger partial charge < -0.3 is 10.1 Å². The molecular weight excluding hydrogens is 342 g/mol. The highest BCUT2D eigenvalue weighted by atomic mass is 16.5. The van der Waals surface area contributed by atoms with Crippen LogP contribution in [0, 0.1) is 13.8 Å². The highest BCUT2D eigenvalue weighted by molar-refractivity contribution is 6.40. The van der Waals surface area contributed by atoms with Crippen LogP contribution >= 0.6 is 0 Å². The van der Waals surface area contributed by atoms with Crippen LogP contribution in [-0.2, 0) is 16.1 Å². The third-order valence-corrected chi connectivity index (χ3v) is 4.47. The number of anilines is 1. The molecule has 6 nitrogen and oxygen atoms in total. The number of hydrogen-bond acceptors (Lipinski definition) is 4. The normalized spacial score (nSPS) is 14.0. The lowest BCUT2D eigenvalue weighted by atomic mass is 10.1. The Bertz CT molecular complexity index is 905. The average Bonchev–Trinajstić information content (AvgIpc) is 2.68. The minimum atomic E-state index is -0.263. The van der Waals surface area contributed by atoms with E-state index in [4.69, 9.17) is 4.74 Å². The van der Waals surface area contributed by atoms with E-state index < -0.39 is 0 Å². The van der Waals surface area contributed by atoms with Gasteiger partial charge in [0.1, 0.15) is 11.5 Å². The first-order chi connectivity index (χ1) is 13.0. The number of ether oxygens (including phenoxy) is 1. The average molecular weight is 365 g/mol. The summed E-state index contributed by atoms with van der Waals surface area (Å²) in [5, 5.41) is 8.57. The van der Waals surface area contributed by atoms with Gasteiger partial charge in [-0.05, 0) is 48.7 Å². The first-order valence-corrected chi connectivity index (χ1v) is 8.87. The van der Waals surface area contributed by atoms with E-state index in [2.05, 4.69) is 10.4 Å². The third kappa shape index (κ3) is 4.34. The Kier molecular flexibility index (Phi) is 5.54. The molecule has 1 aliphatic rings. The van der Waals surface area contributed by atoms with E-state index in [-0.39, 0.29) is 18.2 Å². The molecule has 2 amide bonds. The van der Waals surface area contributed by atoms with Gasteiger partial charge in [-0.1, -0.05) is 24.3 Å². The van der Waals surface area contributed by atoms with Crippen molar-refractivity contribution < 1.29 is 14.3 Å². The molecule has 3 rings (SSSR count). The van der Waals surface area contributed by atoms with E-state index >= 15 is 0 Å². The maximum absolute atomic E-state index is 12.6. The van der Waals surface area contributed by atoms with Gasteiger partial charge in [0.2, 0.25) is 5.91 Å². The van der Waals surface area contributed by atoms with Crippen LogP contribution in [0.25, 0.3) is 0 Å². The number of rotatable bonds is 5. The van der Waals surface area contributed by atoms with Crippen molar-refractivity contribution in [2.45, 2.75) is 33.2 Å². The number of carbonyl (C=O) groups excluding carboxylic acids is 2. The van der Waals surface area contributed by atoms with Crippen LogP contribution in [0.4, 0.5) is 5.69 Å². The number of hydrogen-bond donors (Lipinski definition) is 1. The summed E-state index contributed by atoms with van der Waals surface area (Å²) in [7, 11) is 1.60. The van der Waals surface area contributed by atoms with E-state index in [1.54, 1.807) is 7.11 Å². The summed E-state index contributed by atoms with van der Waals surface area (Å²) in [5.41, 5.74) is 3.99. The molecule has 2 aromatic carbocycles. The second kappa shape index (κ2) is 8.03. The molecule has 0 radical (unpaired) electrons. The summed E-state index contributed by atoms with van der Waals surface area (Å²) in [6.45, 7) is 4.25. The first-order valence-electron chi connectivity index (χ1n) is 8.87. The largest absolute Gasteiger partial charge is 0.497 e. The van der Waals surface area contributed by atoms with Crippen LogP contribution in [-0.4, -0.2) is 24.6 Å². The molecule has 6 heteroatoms. The minimum Gasteiger partial charge on any atom is -0.497 e. The zero-order valence-corrected chi connectivity index (χ0v) is 15.8. The van der Waals surface area contributed by atoms with Gasteiger partial charge in [0.25, 0.3) is 5.91 Å². The number of carbonyl (C=O) groups is 2. The van der Waals surface area contributed by atoms with Gasteiger partial charge >= 0.3 is 0 Å². The molecule has 0 saturated carbocycles. The standard InChI is InChI=1S/C21H23N3O3/c1-14-7-8-15(2)19(11-14)24-20(25)10-9-18(23-24)21(26)22-13-16-5-4-6-17(12-16)27-3/h4-8,11-12H,9-10,13H2,1-3H3,(H,22,26). The topological polar surface area (TPSA) is 71.0 Å². The lowest BCUT2D eigenvalue weighted by Crippen LogP contribution is -2.39. The molecule has 0 atom stereocenters. The fraction of sp³-hybridized carbons (Fsp3) is 0.286. The van der Waals surface area contributed by atoms with E-state index in [1.807, 2.05) is 56.3 Å². The number of benzene rings is 2. The highest BCUT2D eigenvalue weighted by Gasteiger charge is 2.26. The number of amides is 2. The molecule has 1 heterocycles. The predicted octanol–water partition coefficient (Wildman–Crippen LogP) is 3.11. The molecule has 0 bridgehead atoms. The first kappa shape index (κ1) is 18.6. The summed E-state index contributed by atoms with van der Waals surface area (Å²) in [6, 6.07) is 13.4. The number of methoxy groups -OCH3 is 1. The molecule has 0 spiro atoms. The molecule has 1 aliphatic heterocycles. The zero-order valence-electron chi connectivity index (χ0n) is 15.8. The molecule has 0 fully saturated rings. The van der Waals surface area contributed by atoms with Crippen molar-refractivity contribution in [3.05, 3.63) is 59.2 Å². The van der Waals surface area contributed by atoms with Crippen LogP contribution in [0.5, 0.6) is 5.75 Å². The van der Waals surface area contributed by atoms with Crippen molar-refractivity contribution in [1.29, 1.82) is 0 Å². The Balaban J connectivity index is 1.75. The van der Waals surface area contributed by atoms with Gasteiger partial charge in [-0.2, -0.15) is 5.10 Å². The van der Waals surface area contributed by atoms with Crippen LogP contribution in [0.1, 0.15) is 29.5 Å². The molecule has 140 valence electrons. The van der Waals surface area contributed by atoms with Crippen molar-refractivity contribution >= 4 is 23.2 Å². The molecule has 0 saturated heterocycles. The molecule has 2 aromatic rings. The summed E-state index contributed by atoms with van der Waals surface area (Å²) < 4.78 is 5.19. The van der Waals surface area contributed by atoms with Gasteiger partial charge in [-0.15, -0.1) is 0 Å². The SMILES string of the molecule is COc1cccc(CNC(=O)C2=NN(c3cc(C)ccc3C)C(=O)CC2)c1. The molecule has 0 unspecified atom stereocenters. The van der Waals surface area contributed by atoms with Crippen molar-refractivity contribution in [3.8, 4) is 5.75 Å². The zero-order chi connectivity index (χ0) is 19.4. The smallest absolute Gasteiger partial charge is 0.267 e. The fourth-order valence-electron chi connectivity index (χ4n) is 2.92. The maximum atomic E-state index is 12.6. The lowest BCUT2D eigenvalue weighted by molar-refractivity contribution is -0.119. The third-order valence-electron chi connectivity index (χ3n) is 4.47. The quantitative estimate of drug-likeness (QED) is 0.885. The van der Waals surface area contributed by atoms with E-state index in [0.717, 1.165) is 28.1 Å². The van der Waals surface area contributed by atoms with Crippen LogP contribution in [0.15, 0.2) is 47.6 Å². The Morgan fingerprint density at radius 2 is 2.00 bits per heavy atom. The maximum Gasteiger partial charge on any atom is 0.267 e. The second-order valence-corrected chi connectivity index (χ2v) is 6.58. The van der Waals surface area contributed by atoms with Crippen LogP contribution in [0.2, 0.25) is 0 Å². The molecule has 0 aliphatic carbocycles. The van der Waals surface area contributed by atoms with Gasteiger partial charge in [0.05, 0.1) is 12.8 Å². The summed E-state index contributed by atoms with van der Waals surface area (Å²) in [4.78, 5) is 24.9. The summed E-state index contributed by atoms with van der Waals surface area (Å²) in [5.74, 6) is 0.372. The van der Waals surface area contributed by atoms with Crippen molar-refractivity contribution in [2.24, 2.45) is 5.10 Å². The number of nitrogens with zero attached hydrogens (tertiary/aromatic N) is 2. The number of hydrazone groups is 1. The monoisotopic (exact) mass is 365 g/mol. The van der Waals surface area contributed by atoms with E-state index in [1.165, 1.54) is 5.01 Å². The summed E-state index contributed by atoms with van der Waals surface area (Å²) >= 11 is 0. The van der Waals surface area contributed by atoms with Crippen molar-refractivity contribution in [2.75, 3.05) is 12.1 Å². The molecule has 27 heavy (non-hydrogen) atoms. The Morgan fingerprint density at radius 1 is 1.19 bits per heavy atom. The molecular formula is C21H23N3O3. The molecule has 1 N–H and O–H groups in total. The lowest BCUT2D eigenvalue weighted by Gasteiger charge is -2.24. The minimum absolute atomic E-state index is 0.104. The van der Waals surface area contributed by atoms with Gasteiger partial charge in [-0.3, -0.25) is 9.59 Å². The van der Waals surface area contributed by atoms with Crippen LogP contribution < -0.4 is 15.1 Å². The second-order valence-electron chi connectivity index (χ2n) is 6.58.